The minimum absolute atomic E-state index is 1.11. The Morgan fingerprint density at radius 2 is 1.25 bits per heavy atom. The highest BCUT2D eigenvalue weighted by Crippen LogP contribution is 2.05. The Balaban J connectivity index is 3.09. The average Bonchev–Trinajstić information content (AvgIpc) is 2.31. The van der Waals surface area contributed by atoms with E-state index in [1.807, 2.05) is 6.08 Å². The van der Waals surface area contributed by atoms with Gasteiger partial charge in [0.15, 0.2) is 0 Å². The third-order valence-electron chi connectivity index (χ3n) is 2.57. The summed E-state index contributed by atoms with van der Waals surface area (Å²) in [7, 11) is 0. The van der Waals surface area contributed by atoms with Gasteiger partial charge in [0, 0.05) is 0 Å². The van der Waals surface area contributed by atoms with E-state index in [9.17, 15) is 0 Å². The van der Waals surface area contributed by atoms with Crippen LogP contribution in [0, 0.1) is 0 Å². The first-order valence-corrected chi connectivity index (χ1v) is 6.82. The summed E-state index contributed by atoms with van der Waals surface area (Å²) in [6.07, 6.45) is 22.6. The van der Waals surface area contributed by atoms with Crippen LogP contribution in [0.25, 0.3) is 0 Å². The van der Waals surface area contributed by atoms with E-state index in [1.165, 1.54) is 44.9 Å². The SMILES string of the molecule is C=CCCC=CCCCCCC=CCCC. The third kappa shape index (κ3) is 13.2. The molecule has 0 spiro atoms. The number of rotatable bonds is 11. The molecule has 0 aromatic heterocycles. The molecule has 0 aliphatic heterocycles. The normalized spacial score (nSPS) is 11.6. The lowest BCUT2D eigenvalue weighted by Crippen LogP contribution is -1.75. The molecule has 0 nitrogen and oxygen atoms in total. The molecule has 92 valence electrons. The molecule has 0 fully saturated rings. The lowest BCUT2D eigenvalue weighted by Gasteiger charge is -1.95. The zero-order valence-electron chi connectivity index (χ0n) is 11.0. The Kier molecular flexibility index (Phi) is 13.5. The number of unbranched alkanes of at least 4 members (excludes halogenated alkanes) is 6. The van der Waals surface area contributed by atoms with Gasteiger partial charge in [-0.15, -0.1) is 6.58 Å². The van der Waals surface area contributed by atoms with Gasteiger partial charge in [0.05, 0.1) is 0 Å². The van der Waals surface area contributed by atoms with Gasteiger partial charge >= 0.3 is 0 Å². The minimum Gasteiger partial charge on any atom is -0.103 e. The van der Waals surface area contributed by atoms with Crippen LogP contribution >= 0.6 is 0 Å². The molecule has 0 heteroatoms. The van der Waals surface area contributed by atoms with E-state index in [1.54, 1.807) is 0 Å². The van der Waals surface area contributed by atoms with E-state index in [4.69, 9.17) is 0 Å². The molecule has 0 aromatic carbocycles. The van der Waals surface area contributed by atoms with Crippen molar-refractivity contribution < 1.29 is 0 Å². The van der Waals surface area contributed by atoms with Gasteiger partial charge in [-0.05, 0) is 44.9 Å². The van der Waals surface area contributed by atoms with E-state index in [0.29, 0.717) is 0 Å². The highest BCUT2D eigenvalue weighted by atomic mass is 13.9. The fraction of sp³-hybridized carbons (Fsp3) is 0.625. The maximum Gasteiger partial charge on any atom is -0.0316 e. The van der Waals surface area contributed by atoms with Crippen molar-refractivity contribution in [1.29, 1.82) is 0 Å². The molecular formula is C16H28. The summed E-state index contributed by atoms with van der Waals surface area (Å²) in [5.74, 6) is 0. The number of hydrogen-bond donors (Lipinski definition) is 0. The Labute approximate surface area is 102 Å². The monoisotopic (exact) mass is 220 g/mol. The van der Waals surface area contributed by atoms with Crippen molar-refractivity contribution >= 4 is 0 Å². The molecular weight excluding hydrogens is 192 g/mol. The van der Waals surface area contributed by atoms with Crippen LogP contribution in [0.4, 0.5) is 0 Å². The van der Waals surface area contributed by atoms with E-state index in [-0.39, 0.29) is 0 Å². The van der Waals surface area contributed by atoms with Gasteiger partial charge in [-0.3, -0.25) is 0 Å². The second kappa shape index (κ2) is 14.2. The van der Waals surface area contributed by atoms with Crippen LogP contribution in [0.1, 0.15) is 64.7 Å². The van der Waals surface area contributed by atoms with Crippen molar-refractivity contribution in [3.05, 3.63) is 37.0 Å². The van der Waals surface area contributed by atoms with Crippen molar-refractivity contribution in [2.24, 2.45) is 0 Å². The van der Waals surface area contributed by atoms with Crippen LogP contribution in [0.15, 0.2) is 37.0 Å². The van der Waals surface area contributed by atoms with Gasteiger partial charge in [0.2, 0.25) is 0 Å². The molecule has 16 heavy (non-hydrogen) atoms. The highest BCUT2D eigenvalue weighted by molar-refractivity contribution is 4.84. The van der Waals surface area contributed by atoms with Crippen molar-refractivity contribution in [3.63, 3.8) is 0 Å². The molecule has 0 atom stereocenters. The topological polar surface area (TPSA) is 0 Å². The van der Waals surface area contributed by atoms with Crippen LogP contribution in [0.5, 0.6) is 0 Å². The Hall–Kier alpha value is -0.780. The lowest BCUT2D eigenvalue weighted by atomic mass is 10.1. The van der Waals surface area contributed by atoms with Crippen LogP contribution in [-0.2, 0) is 0 Å². The zero-order chi connectivity index (χ0) is 11.9. The quantitative estimate of drug-likeness (QED) is 0.304. The molecule has 0 heterocycles. The summed E-state index contributed by atoms with van der Waals surface area (Å²) in [6.45, 7) is 5.93. The second-order valence-corrected chi connectivity index (χ2v) is 4.24. The predicted octanol–water partition coefficient (Wildman–Crippen LogP) is 5.82. The minimum atomic E-state index is 1.11. The van der Waals surface area contributed by atoms with Gasteiger partial charge < -0.3 is 0 Å². The van der Waals surface area contributed by atoms with E-state index in [2.05, 4.69) is 37.8 Å². The summed E-state index contributed by atoms with van der Waals surface area (Å²) < 4.78 is 0. The van der Waals surface area contributed by atoms with Crippen LogP contribution in [0.2, 0.25) is 0 Å². The summed E-state index contributed by atoms with van der Waals surface area (Å²) in [4.78, 5) is 0. The van der Waals surface area contributed by atoms with Crippen LogP contribution < -0.4 is 0 Å². The molecule has 0 unspecified atom stereocenters. The van der Waals surface area contributed by atoms with Crippen molar-refractivity contribution in [2.45, 2.75) is 64.7 Å². The smallest absolute Gasteiger partial charge is 0.0316 e. The Morgan fingerprint density at radius 1 is 0.688 bits per heavy atom. The van der Waals surface area contributed by atoms with Crippen molar-refractivity contribution in [1.82, 2.24) is 0 Å². The molecule has 0 rings (SSSR count). The summed E-state index contributed by atoms with van der Waals surface area (Å²) in [6, 6.07) is 0. The average molecular weight is 220 g/mol. The van der Waals surface area contributed by atoms with E-state index in [0.717, 1.165) is 12.8 Å². The largest absolute Gasteiger partial charge is 0.103 e. The Bertz CT molecular complexity index is 186. The first-order chi connectivity index (χ1) is 7.91. The van der Waals surface area contributed by atoms with E-state index < -0.39 is 0 Å². The summed E-state index contributed by atoms with van der Waals surface area (Å²) in [5, 5.41) is 0. The van der Waals surface area contributed by atoms with Crippen molar-refractivity contribution in [2.75, 3.05) is 0 Å². The molecule has 0 amide bonds. The number of allylic oxidation sites excluding steroid dienone is 5. The summed E-state index contributed by atoms with van der Waals surface area (Å²) in [5.41, 5.74) is 0. The van der Waals surface area contributed by atoms with Gasteiger partial charge in [-0.2, -0.15) is 0 Å². The van der Waals surface area contributed by atoms with Gasteiger partial charge in [-0.25, -0.2) is 0 Å². The van der Waals surface area contributed by atoms with Gasteiger partial charge in [0.25, 0.3) is 0 Å². The molecule has 0 bridgehead atoms. The van der Waals surface area contributed by atoms with Gasteiger partial charge in [0.1, 0.15) is 0 Å². The standard InChI is InChI=1S/C16H28/c1-3-5-7-9-11-13-15-16-14-12-10-8-6-4-2/h3,8-11H,1,4-7,12-16H2,2H3. The van der Waals surface area contributed by atoms with E-state index >= 15 is 0 Å². The Morgan fingerprint density at radius 3 is 1.81 bits per heavy atom. The molecule has 0 saturated heterocycles. The maximum absolute atomic E-state index is 3.71. The molecule has 0 aliphatic rings. The fourth-order valence-corrected chi connectivity index (χ4v) is 1.55. The van der Waals surface area contributed by atoms with Crippen LogP contribution in [-0.4, -0.2) is 0 Å². The molecule has 0 N–H and O–H groups in total. The highest BCUT2D eigenvalue weighted by Gasteiger charge is 1.85. The van der Waals surface area contributed by atoms with Gasteiger partial charge in [-0.1, -0.05) is 50.1 Å². The number of hydrogen-bond acceptors (Lipinski definition) is 0. The maximum atomic E-state index is 3.71. The third-order valence-corrected chi connectivity index (χ3v) is 2.57. The first kappa shape index (κ1) is 15.2. The molecule has 0 saturated carbocycles. The summed E-state index contributed by atoms with van der Waals surface area (Å²) >= 11 is 0. The predicted molar refractivity (Wildman–Crippen MR) is 75.7 cm³/mol. The second-order valence-electron chi connectivity index (χ2n) is 4.24. The lowest BCUT2D eigenvalue weighted by molar-refractivity contribution is 0.694. The first-order valence-electron chi connectivity index (χ1n) is 6.82. The zero-order valence-corrected chi connectivity index (χ0v) is 11.0. The van der Waals surface area contributed by atoms with Crippen molar-refractivity contribution in [3.8, 4) is 0 Å². The van der Waals surface area contributed by atoms with Crippen LogP contribution in [0.3, 0.4) is 0 Å². The molecule has 0 aliphatic carbocycles. The molecule has 0 radical (unpaired) electrons. The molecule has 0 aromatic rings. The fourth-order valence-electron chi connectivity index (χ4n) is 1.55.